The maximum absolute atomic E-state index is 11.6. The van der Waals surface area contributed by atoms with Gasteiger partial charge in [-0.25, -0.2) is 13.1 Å². The van der Waals surface area contributed by atoms with E-state index < -0.39 is 15.8 Å². The van der Waals surface area contributed by atoms with Crippen LogP contribution in [0.25, 0.3) is 0 Å². The molecule has 2 heterocycles. The van der Waals surface area contributed by atoms with E-state index in [4.69, 9.17) is 5.11 Å². The molecule has 2 fully saturated rings. The van der Waals surface area contributed by atoms with Gasteiger partial charge in [-0.3, -0.25) is 9.69 Å². The summed E-state index contributed by atoms with van der Waals surface area (Å²) in [5.74, 6) is -0.264. The fourth-order valence-electron chi connectivity index (χ4n) is 2.65. The van der Waals surface area contributed by atoms with Crippen LogP contribution >= 0.6 is 0 Å². The Kier molecular flexibility index (Phi) is 3.66. The third kappa shape index (κ3) is 3.38. The lowest BCUT2D eigenvalue weighted by Gasteiger charge is -2.25. The Labute approximate surface area is 121 Å². The van der Waals surface area contributed by atoms with Crippen molar-refractivity contribution in [3.05, 3.63) is 5.82 Å². The number of rotatable bonds is 6. The smallest absolute Gasteiger partial charge is 0.317 e. The highest BCUT2D eigenvalue weighted by Crippen LogP contribution is 2.34. The Hall–Kier alpha value is -1.55. The molecular formula is C11H17N5O4S. The highest BCUT2D eigenvalue weighted by Gasteiger charge is 2.35. The zero-order valence-electron chi connectivity index (χ0n) is 11.4. The summed E-state index contributed by atoms with van der Waals surface area (Å²) in [5.41, 5.74) is 0. The molecule has 0 spiro atoms. The highest BCUT2D eigenvalue weighted by atomic mass is 32.2. The molecule has 0 bridgehead atoms. The van der Waals surface area contributed by atoms with Gasteiger partial charge >= 0.3 is 5.97 Å². The summed E-state index contributed by atoms with van der Waals surface area (Å²) < 4.78 is 24.9. The molecule has 1 atom stereocenters. The summed E-state index contributed by atoms with van der Waals surface area (Å²) >= 11 is 0. The maximum atomic E-state index is 11.6. The van der Waals surface area contributed by atoms with Gasteiger partial charge < -0.3 is 5.11 Å². The third-order valence-electron chi connectivity index (χ3n) is 3.86. The Bertz CT molecular complexity index is 639. The molecule has 1 N–H and O–H groups in total. The molecule has 1 unspecified atom stereocenters. The number of hydrogen-bond acceptors (Lipinski definition) is 7. The minimum Gasteiger partial charge on any atom is -0.480 e. The lowest BCUT2D eigenvalue weighted by atomic mass is 10.2. The predicted octanol–water partition coefficient (Wildman–Crippen LogP) is -0.918. The number of nitrogens with zero attached hydrogens (tertiary/aromatic N) is 5. The third-order valence-corrected chi connectivity index (χ3v) is 5.61. The van der Waals surface area contributed by atoms with Crippen LogP contribution in [0.1, 0.15) is 31.1 Å². The highest BCUT2D eigenvalue weighted by molar-refractivity contribution is 7.91. The molecule has 116 valence electrons. The van der Waals surface area contributed by atoms with Gasteiger partial charge in [0.1, 0.15) is 0 Å². The largest absolute Gasteiger partial charge is 0.480 e. The second kappa shape index (κ2) is 5.34. The number of carboxylic acid groups (broad SMARTS) is 1. The van der Waals surface area contributed by atoms with Crippen molar-refractivity contribution in [1.82, 2.24) is 25.1 Å². The first-order valence-corrected chi connectivity index (χ1v) is 8.70. The minimum absolute atomic E-state index is 0.00523. The van der Waals surface area contributed by atoms with Crippen molar-refractivity contribution in [3.63, 3.8) is 0 Å². The number of hydrogen-bond donors (Lipinski definition) is 1. The topological polar surface area (TPSA) is 118 Å². The summed E-state index contributed by atoms with van der Waals surface area (Å²) in [7, 11) is -3.06. The van der Waals surface area contributed by atoms with Crippen molar-refractivity contribution < 1.29 is 18.3 Å². The first-order valence-electron chi connectivity index (χ1n) is 6.87. The summed E-state index contributed by atoms with van der Waals surface area (Å²) in [6.45, 7) is 0.0493. The van der Waals surface area contributed by atoms with E-state index in [1.54, 1.807) is 9.58 Å². The SMILES string of the molecule is O=C(O)CN(Cc1nnnn1C1CC1)C1CCS(=O)(=O)C1. The second-order valence-electron chi connectivity index (χ2n) is 5.63. The van der Waals surface area contributed by atoms with Crippen molar-refractivity contribution in [2.75, 3.05) is 18.1 Å². The van der Waals surface area contributed by atoms with Gasteiger partial charge in [0.25, 0.3) is 0 Å². The molecule has 1 aliphatic carbocycles. The van der Waals surface area contributed by atoms with Crippen molar-refractivity contribution >= 4 is 15.8 Å². The predicted molar refractivity (Wildman–Crippen MR) is 71.2 cm³/mol. The van der Waals surface area contributed by atoms with Crippen LogP contribution in [0.15, 0.2) is 0 Å². The average Bonchev–Trinajstić information content (AvgIpc) is 3.02. The van der Waals surface area contributed by atoms with Gasteiger partial charge in [-0.2, -0.15) is 0 Å². The summed E-state index contributed by atoms with van der Waals surface area (Å²) in [6.07, 6.45) is 2.50. The monoisotopic (exact) mass is 315 g/mol. The molecule has 0 amide bonds. The Morgan fingerprint density at radius 2 is 2.14 bits per heavy atom. The van der Waals surface area contributed by atoms with Crippen LogP contribution in [-0.4, -0.2) is 68.7 Å². The lowest BCUT2D eigenvalue weighted by molar-refractivity contribution is -0.139. The molecular weight excluding hydrogens is 298 g/mol. The molecule has 21 heavy (non-hydrogen) atoms. The van der Waals surface area contributed by atoms with Crippen LogP contribution in [-0.2, 0) is 21.2 Å². The van der Waals surface area contributed by atoms with Gasteiger partial charge in [-0.05, 0) is 29.7 Å². The number of tetrazole rings is 1. The average molecular weight is 315 g/mol. The maximum Gasteiger partial charge on any atom is 0.317 e. The quantitative estimate of drug-likeness (QED) is 0.716. The van der Waals surface area contributed by atoms with E-state index in [0.29, 0.717) is 18.3 Å². The number of aromatic nitrogens is 4. The molecule has 1 aromatic heterocycles. The number of carbonyl (C=O) groups is 1. The van der Waals surface area contributed by atoms with Gasteiger partial charge in [-0.1, -0.05) is 0 Å². The molecule has 10 heteroatoms. The Balaban J connectivity index is 1.76. The summed E-state index contributed by atoms with van der Waals surface area (Å²) in [6, 6.07) is 0.0180. The van der Waals surface area contributed by atoms with Crippen molar-refractivity contribution in [3.8, 4) is 0 Å². The van der Waals surface area contributed by atoms with Crippen LogP contribution < -0.4 is 0 Å². The number of carboxylic acids is 1. The fraction of sp³-hybridized carbons (Fsp3) is 0.818. The molecule has 3 rings (SSSR count). The standard InChI is InChI=1S/C11H17N5O4S/c17-11(18)6-15(9-3-4-21(19,20)7-9)5-10-12-13-14-16(10)8-1-2-8/h8-9H,1-7H2,(H,17,18). The van der Waals surface area contributed by atoms with Gasteiger partial charge in [0.15, 0.2) is 15.7 Å². The molecule has 9 nitrogen and oxygen atoms in total. The van der Waals surface area contributed by atoms with Crippen molar-refractivity contribution in [1.29, 1.82) is 0 Å². The van der Waals surface area contributed by atoms with E-state index >= 15 is 0 Å². The van der Waals surface area contributed by atoms with E-state index in [2.05, 4.69) is 15.5 Å². The van der Waals surface area contributed by atoms with Crippen LogP contribution in [0.5, 0.6) is 0 Å². The van der Waals surface area contributed by atoms with Crippen molar-refractivity contribution in [2.24, 2.45) is 0 Å². The van der Waals surface area contributed by atoms with Crippen LogP contribution in [0.2, 0.25) is 0 Å². The number of sulfone groups is 1. The first kappa shape index (κ1) is 14.4. The van der Waals surface area contributed by atoms with Gasteiger partial charge in [0.2, 0.25) is 0 Å². The van der Waals surface area contributed by atoms with Crippen molar-refractivity contribution in [2.45, 2.75) is 37.9 Å². The number of aliphatic carboxylic acids is 1. The molecule has 0 aromatic carbocycles. The van der Waals surface area contributed by atoms with E-state index in [1.807, 2.05) is 0 Å². The van der Waals surface area contributed by atoms with Crippen LogP contribution in [0, 0.1) is 0 Å². The summed E-state index contributed by atoms with van der Waals surface area (Å²) in [4.78, 5) is 12.7. The minimum atomic E-state index is -3.06. The summed E-state index contributed by atoms with van der Waals surface area (Å²) in [5, 5.41) is 20.6. The fourth-order valence-corrected chi connectivity index (χ4v) is 4.41. The zero-order chi connectivity index (χ0) is 15.0. The normalized spacial score (nSPS) is 24.5. The van der Waals surface area contributed by atoms with Gasteiger partial charge in [0.05, 0.1) is 30.6 Å². The van der Waals surface area contributed by atoms with Crippen LogP contribution in [0.4, 0.5) is 0 Å². The van der Waals surface area contributed by atoms with E-state index in [0.717, 1.165) is 12.8 Å². The second-order valence-corrected chi connectivity index (χ2v) is 7.86. The van der Waals surface area contributed by atoms with Crippen LogP contribution in [0.3, 0.4) is 0 Å². The van der Waals surface area contributed by atoms with Gasteiger partial charge in [-0.15, -0.1) is 5.10 Å². The van der Waals surface area contributed by atoms with Gasteiger partial charge in [0, 0.05) is 6.04 Å². The Morgan fingerprint density at radius 1 is 1.38 bits per heavy atom. The Morgan fingerprint density at radius 3 is 2.71 bits per heavy atom. The molecule has 1 aromatic rings. The molecule has 1 saturated carbocycles. The lowest BCUT2D eigenvalue weighted by Crippen LogP contribution is -2.40. The molecule has 0 radical (unpaired) electrons. The van der Waals surface area contributed by atoms with E-state index in [-0.39, 0.29) is 30.6 Å². The van der Waals surface area contributed by atoms with E-state index in [1.165, 1.54) is 0 Å². The zero-order valence-corrected chi connectivity index (χ0v) is 12.2. The van der Waals surface area contributed by atoms with E-state index in [9.17, 15) is 13.2 Å². The first-order chi connectivity index (χ1) is 9.94. The molecule has 2 aliphatic rings. The molecule has 1 aliphatic heterocycles. The molecule has 1 saturated heterocycles.